The van der Waals surface area contributed by atoms with E-state index in [0.29, 0.717) is 29.7 Å². The van der Waals surface area contributed by atoms with Crippen LogP contribution in [-0.2, 0) is 4.79 Å². The number of carbonyl (C=O) groups is 1. The second kappa shape index (κ2) is 5.60. The molecule has 2 fully saturated rings. The maximum absolute atomic E-state index is 12.7. The number of amides is 1. The van der Waals surface area contributed by atoms with Gasteiger partial charge in [0, 0.05) is 12.6 Å². The predicted octanol–water partition coefficient (Wildman–Crippen LogP) is 2.27. The van der Waals surface area contributed by atoms with E-state index in [9.17, 15) is 4.79 Å². The molecule has 0 saturated carbocycles. The zero-order valence-electron chi connectivity index (χ0n) is 12.3. The van der Waals surface area contributed by atoms with Crippen molar-refractivity contribution in [3.05, 3.63) is 0 Å². The Morgan fingerprint density at radius 3 is 2.50 bits per heavy atom. The lowest BCUT2D eigenvalue weighted by Gasteiger charge is -2.43. The molecule has 0 aromatic carbocycles. The molecule has 0 aliphatic carbocycles. The van der Waals surface area contributed by atoms with Crippen LogP contribution in [0.4, 0.5) is 0 Å². The molecule has 0 aromatic rings. The number of hydrogen-bond donors (Lipinski definition) is 1. The molecule has 1 N–H and O–H groups in total. The number of nitrogens with one attached hydrogen (secondary N) is 1. The highest BCUT2D eigenvalue weighted by Crippen LogP contribution is 2.28. The van der Waals surface area contributed by atoms with Crippen LogP contribution in [0.2, 0.25) is 0 Å². The molecular formula is C15H28N2O. The van der Waals surface area contributed by atoms with E-state index in [2.05, 4.69) is 37.9 Å². The fraction of sp³-hybridized carbons (Fsp3) is 0.933. The minimum absolute atomic E-state index is 0.0636. The Labute approximate surface area is 111 Å². The van der Waals surface area contributed by atoms with Gasteiger partial charge in [-0.05, 0) is 50.5 Å². The molecule has 5 atom stereocenters. The third-order valence-electron chi connectivity index (χ3n) is 4.84. The van der Waals surface area contributed by atoms with Gasteiger partial charge < -0.3 is 10.2 Å². The van der Waals surface area contributed by atoms with Gasteiger partial charge in [-0.2, -0.15) is 0 Å². The number of nitrogens with zero attached hydrogens (tertiary/aromatic N) is 1. The fourth-order valence-electron chi connectivity index (χ4n) is 3.50. The lowest BCUT2D eigenvalue weighted by atomic mass is 9.84. The summed E-state index contributed by atoms with van der Waals surface area (Å²) in [5.74, 6) is 2.28. The molecule has 2 rings (SSSR count). The lowest BCUT2D eigenvalue weighted by Crippen LogP contribution is -2.56. The van der Waals surface area contributed by atoms with Crippen LogP contribution >= 0.6 is 0 Å². The van der Waals surface area contributed by atoms with Gasteiger partial charge in [0.25, 0.3) is 0 Å². The molecule has 5 unspecified atom stereocenters. The molecular weight excluding hydrogens is 224 g/mol. The number of likely N-dealkylation sites (tertiary alicyclic amines) is 1. The van der Waals surface area contributed by atoms with E-state index >= 15 is 0 Å². The van der Waals surface area contributed by atoms with Gasteiger partial charge in [-0.3, -0.25) is 4.79 Å². The second-order valence-corrected chi connectivity index (χ2v) is 6.69. The summed E-state index contributed by atoms with van der Waals surface area (Å²) in [5, 5.41) is 3.41. The van der Waals surface area contributed by atoms with Crippen molar-refractivity contribution in [3.63, 3.8) is 0 Å². The van der Waals surface area contributed by atoms with Crippen molar-refractivity contribution in [1.82, 2.24) is 10.2 Å². The average molecular weight is 252 g/mol. The SMILES string of the molecule is CC1CCNC(C(=O)N2CC(C)CC(C)C2C)C1. The van der Waals surface area contributed by atoms with Crippen LogP contribution in [0.5, 0.6) is 0 Å². The molecule has 104 valence electrons. The maximum Gasteiger partial charge on any atom is 0.239 e. The van der Waals surface area contributed by atoms with Gasteiger partial charge in [-0.25, -0.2) is 0 Å². The molecule has 0 bridgehead atoms. The summed E-state index contributed by atoms with van der Waals surface area (Å²) in [4.78, 5) is 14.8. The standard InChI is InChI=1S/C15H28N2O/c1-10-5-6-16-14(8-10)15(18)17-9-11(2)7-12(3)13(17)4/h10-14,16H,5-9H2,1-4H3. The van der Waals surface area contributed by atoms with E-state index in [-0.39, 0.29) is 6.04 Å². The normalized spacial score (nSPS) is 41.8. The second-order valence-electron chi connectivity index (χ2n) is 6.69. The minimum Gasteiger partial charge on any atom is -0.338 e. The first kappa shape index (κ1) is 13.9. The molecule has 2 aliphatic heterocycles. The van der Waals surface area contributed by atoms with Crippen LogP contribution in [0.15, 0.2) is 0 Å². The molecule has 3 heteroatoms. The Bertz CT molecular complexity index is 305. The summed E-state index contributed by atoms with van der Waals surface area (Å²) in [6.45, 7) is 10.9. The van der Waals surface area contributed by atoms with Gasteiger partial charge in [0.15, 0.2) is 0 Å². The molecule has 0 radical (unpaired) electrons. The van der Waals surface area contributed by atoms with Gasteiger partial charge in [0.1, 0.15) is 0 Å². The highest BCUT2D eigenvalue weighted by molar-refractivity contribution is 5.82. The zero-order chi connectivity index (χ0) is 13.3. The maximum atomic E-state index is 12.7. The first-order valence-corrected chi connectivity index (χ1v) is 7.53. The van der Waals surface area contributed by atoms with Gasteiger partial charge in [-0.15, -0.1) is 0 Å². The Kier molecular flexibility index (Phi) is 4.31. The smallest absolute Gasteiger partial charge is 0.239 e. The van der Waals surface area contributed by atoms with E-state index in [4.69, 9.17) is 0 Å². The summed E-state index contributed by atoms with van der Waals surface area (Å²) in [6.07, 6.45) is 3.45. The van der Waals surface area contributed by atoms with E-state index in [1.807, 2.05) is 0 Å². The number of rotatable bonds is 1. The summed E-state index contributed by atoms with van der Waals surface area (Å²) in [7, 11) is 0. The Morgan fingerprint density at radius 2 is 1.83 bits per heavy atom. The van der Waals surface area contributed by atoms with Crippen molar-refractivity contribution >= 4 is 5.91 Å². The summed E-state index contributed by atoms with van der Waals surface area (Å²) >= 11 is 0. The fourth-order valence-corrected chi connectivity index (χ4v) is 3.50. The van der Waals surface area contributed by atoms with Gasteiger partial charge in [0.2, 0.25) is 5.91 Å². The highest BCUT2D eigenvalue weighted by Gasteiger charge is 2.36. The first-order valence-electron chi connectivity index (χ1n) is 7.53. The van der Waals surface area contributed by atoms with Crippen molar-refractivity contribution in [3.8, 4) is 0 Å². The van der Waals surface area contributed by atoms with Gasteiger partial charge in [0.05, 0.1) is 6.04 Å². The van der Waals surface area contributed by atoms with Gasteiger partial charge in [-0.1, -0.05) is 20.8 Å². The summed E-state index contributed by atoms with van der Waals surface area (Å²) in [6, 6.07) is 0.460. The van der Waals surface area contributed by atoms with E-state index in [1.165, 1.54) is 12.8 Å². The van der Waals surface area contributed by atoms with Crippen molar-refractivity contribution < 1.29 is 4.79 Å². The molecule has 1 amide bonds. The highest BCUT2D eigenvalue weighted by atomic mass is 16.2. The summed E-state index contributed by atoms with van der Waals surface area (Å²) < 4.78 is 0. The molecule has 0 aromatic heterocycles. The lowest BCUT2D eigenvalue weighted by molar-refractivity contribution is -0.140. The minimum atomic E-state index is 0.0636. The predicted molar refractivity (Wildman–Crippen MR) is 74.3 cm³/mol. The first-order chi connectivity index (χ1) is 8.49. The third kappa shape index (κ3) is 2.87. The van der Waals surface area contributed by atoms with Crippen molar-refractivity contribution in [2.24, 2.45) is 17.8 Å². The summed E-state index contributed by atoms with van der Waals surface area (Å²) in [5.41, 5.74) is 0. The van der Waals surface area contributed by atoms with Crippen LogP contribution in [0.1, 0.15) is 47.0 Å². The Hall–Kier alpha value is -0.570. The average Bonchev–Trinajstić information content (AvgIpc) is 2.33. The molecule has 2 aliphatic rings. The molecule has 0 spiro atoms. The molecule has 2 saturated heterocycles. The zero-order valence-corrected chi connectivity index (χ0v) is 12.3. The monoisotopic (exact) mass is 252 g/mol. The number of hydrogen-bond acceptors (Lipinski definition) is 2. The third-order valence-corrected chi connectivity index (χ3v) is 4.84. The van der Waals surface area contributed by atoms with Crippen LogP contribution < -0.4 is 5.32 Å². The van der Waals surface area contributed by atoms with Crippen molar-refractivity contribution in [2.75, 3.05) is 13.1 Å². The Balaban J connectivity index is 2.02. The number of carbonyl (C=O) groups excluding carboxylic acids is 1. The van der Waals surface area contributed by atoms with E-state index < -0.39 is 0 Å². The van der Waals surface area contributed by atoms with Crippen LogP contribution in [0, 0.1) is 17.8 Å². The van der Waals surface area contributed by atoms with Crippen LogP contribution in [0.25, 0.3) is 0 Å². The van der Waals surface area contributed by atoms with E-state index in [0.717, 1.165) is 19.5 Å². The van der Waals surface area contributed by atoms with Crippen molar-refractivity contribution in [1.29, 1.82) is 0 Å². The quantitative estimate of drug-likeness (QED) is 0.776. The van der Waals surface area contributed by atoms with Crippen molar-refractivity contribution in [2.45, 2.75) is 59.0 Å². The molecule has 3 nitrogen and oxygen atoms in total. The van der Waals surface area contributed by atoms with Crippen LogP contribution in [0.3, 0.4) is 0 Å². The van der Waals surface area contributed by atoms with E-state index in [1.54, 1.807) is 0 Å². The Morgan fingerprint density at radius 1 is 1.11 bits per heavy atom. The largest absolute Gasteiger partial charge is 0.338 e. The van der Waals surface area contributed by atoms with Gasteiger partial charge >= 0.3 is 0 Å². The van der Waals surface area contributed by atoms with Crippen LogP contribution in [-0.4, -0.2) is 36.0 Å². The molecule has 2 heterocycles. The number of piperidine rings is 2. The molecule has 18 heavy (non-hydrogen) atoms. The topological polar surface area (TPSA) is 32.3 Å².